The molecule has 0 unspecified atom stereocenters. The highest BCUT2D eigenvalue weighted by Gasteiger charge is 2.36. The summed E-state index contributed by atoms with van der Waals surface area (Å²) in [5.41, 5.74) is -0.460. The molecule has 0 radical (unpaired) electrons. The molecule has 1 fully saturated rings. The molecule has 0 aliphatic carbocycles. The molecule has 1 aliphatic heterocycles. The van der Waals surface area contributed by atoms with Gasteiger partial charge in [0, 0.05) is 27.2 Å². The first-order valence-electron chi connectivity index (χ1n) is 10.6. The van der Waals surface area contributed by atoms with Crippen molar-refractivity contribution in [3.63, 3.8) is 0 Å². The van der Waals surface area contributed by atoms with Gasteiger partial charge in [-0.15, -0.1) is 0 Å². The van der Waals surface area contributed by atoms with Gasteiger partial charge in [0.2, 0.25) is 5.75 Å². The lowest BCUT2D eigenvalue weighted by molar-refractivity contribution is -0.394. The molecule has 14 heteroatoms. The number of thioether (sulfide) groups is 1. The van der Waals surface area contributed by atoms with Crippen LogP contribution in [0.5, 0.6) is 17.2 Å². The summed E-state index contributed by atoms with van der Waals surface area (Å²) in [4.78, 5) is 47.9. The average molecular weight is 576 g/mol. The van der Waals surface area contributed by atoms with Gasteiger partial charge in [0.1, 0.15) is 0 Å². The van der Waals surface area contributed by atoms with Crippen LogP contribution in [0.1, 0.15) is 11.1 Å². The molecule has 194 valence electrons. The Morgan fingerprint density at radius 1 is 0.974 bits per heavy atom. The zero-order chi connectivity index (χ0) is 27.6. The summed E-state index contributed by atoms with van der Waals surface area (Å²) < 4.78 is 11.1. The number of imide groups is 1. The monoisotopic (exact) mass is 575 g/mol. The number of non-ortho nitro benzene ring substituents is 1. The topological polar surface area (TPSA) is 142 Å². The second kappa shape index (κ2) is 11.1. The fourth-order valence-electron chi connectivity index (χ4n) is 3.49. The normalized spacial score (nSPS) is 14.2. The number of carbonyl (C=O) groups is 2. The van der Waals surface area contributed by atoms with E-state index in [4.69, 9.17) is 32.7 Å². The van der Waals surface area contributed by atoms with E-state index in [1.54, 1.807) is 30.3 Å². The number of ether oxygens (including phenoxy) is 2. The van der Waals surface area contributed by atoms with E-state index in [-0.39, 0.29) is 34.3 Å². The van der Waals surface area contributed by atoms with E-state index in [1.807, 2.05) is 0 Å². The molecule has 0 bridgehead atoms. The molecule has 11 nitrogen and oxygen atoms in total. The minimum atomic E-state index is -0.817. The molecular formula is C24H15Cl2N3O8S. The van der Waals surface area contributed by atoms with Crippen LogP contribution in [-0.4, -0.2) is 33.0 Å². The van der Waals surface area contributed by atoms with Crippen molar-refractivity contribution < 1.29 is 28.9 Å². The first kappa shape index (κ1) is 26.9. The highest BCUT2D eigenvalue weighted by Crippen LogP contribution is 2.42. The van der Waals surface area contributed by atoms with E-state index in [0.29, 0.717) is 27.4 Å². The Bertz CT molecular complexity index is 1510. The molecule has 3 aromatic rings. The van der Waals surface area contributed by atoms with Crippen molar-refractivity contribution in [1.29, 1.82) is 0 Å². The van der Waals surface area contributed by atoms with Gasteiger partial charge in [-0.25, -0.2) is 0 Å². The number of carbonyl (C=O) groups excluding carboxylic acids is 2. The maximum absolute atomic E-state index is 13.1. The third-order valence-electron chi connectivity index (χ3n) is 5.33. The Morgan fingerprint density at radius 3 is 2.29 bits per heavy atom. The Hall–Kier alpha value is -4.13. The van der Waals surface area contributed by atoms with E-state index in [9.17, 15) is 29.8 Å². The van der Waals surface area contributed by atoms with E-state index >= 15 is 0 Å². The molecule has 1 heterocycles. The molecule has 0 saturated carbocycles. The Labute approximate surface area is 228 Å². The van der Waals surface area contributed by atoms with Crippen molar-refractivity contribution in [2.75, 3.05) is 7.11 Å². The number of methoxy groups -OCH3 is 1. The van der Waals surface area contributed by atoms with Crippen molar-refractivity contribution in [1.82, 2.24) is 4.90 Å². The largest absolute Gasteiger partial charge is 0.493 e. The van der Waals surface area contributed by atoms with Crippen molar-refractivity contribution in [3.05, 3.63) is 101 Å². The van der Waals surface area contributed by atoms with Crippen molar-refractivity contribution in [2.24, 2.45) is 0 Å². The molecule has 3 aromatic carbocycles. The number of nitro benzene ring substituents is 2. The number of para-hydroxylation sites is 1. The van der Waals surface area contributed by atoms with Gasteiger partial charge in [-0.1, -0.05) is 41.4 Å². The fourth-order valence-corrected chi connectivity index (χ4v) is 4.84. The molecule has 1 aliphatic rings. The predicted molar refractivity (Wildman–Crippen MR) is 141 cm³/mol. The summed E-state index contributed by atoms with van der Waals surface area (Å²) in [5, 5.41) is 22.7. The molecule has 1 saturated heterocycles. The van der Waals surface area contributed by atoms with Gasteiger partial charge in [0.15, 0.2) is 11.5 Å². The third kappa shape index (κ3) is 5.42. The lowest BCUT2D eigenvalue weighted by Gasteiger charge is -2.15. The van der Waals surface area contributed by atoms with Crippen LogP contribution in [0.2, 0.25) is 10.0 Å². The van der Waals surface area contributed by atoms with Gasteiger partial charge in [-0.2, -0.15) is 0 Å². The quantitative estimate of drug-likeness (QED) is 0.160. The van der Waals surface area contributed by atoms with Gasteiger partial charge < -0.3 is 9.47 Å². The predicted octanol–water partition coefficient (Wildman–Crippen LogP) is 6.85. The van der Waals surface area contributed by atoms with E-state index in [2.05, 4.69) is 0 Å². The highest BCUT2D eigenvalue weighted by atomic mass is 35.5. The van der Waals surface area contributed by atoms with Crippen molar-refractivity contribution >= 4 is 63.6 Å². The number of hydrogen-bond donors (Lipinski definition) is 0. The maximum Gasteiger partial charge on any atom is 0.318 e. The Kier molecular flexibility index (Phi) is 7.86. The zero-order valence-electron chi connectivity index (χ0n) is 19.3. The molecule has 0 atom stereocenters. The molecule has 4 rings (SSSR count). The standard InChI is InChI=1S/C24H15Cl2N3O8S/c1-36-20-7-2-4-13(22(20)37-19-9-8-14(28(32)33)11-18(19)29(34)35)10-21-23(30)27(24(31)38-21)12-15-16(25)5-3-6-17(15)26/h2-11H,12H2,1H3/b21-10-. The average Bonchev–Trinajstić information content (AvgIpc) is 3.14. The zero-order valence-corrected chi connectivity index (χ0v) is 21.6. The summed E-state index contributed by atoms with van der Waals surface area (Å²) >= 11 is 13.1. The third-order valence-corrected chi connectivity index (χ3v) is 6.95. The Balaban J connectivity index is 1.71. The first-order valence-corrected chi connectivity index (χ1v) is 12.1. The van der Waals surface area contributed by atoms with Gasteiger partial charge in [0.05, 0.1) is 34.5 Å². The fraction of sp³-hybridized carbons (Fsp3) is 0.0833. The van der Waals surface area contributed by atoms with Crippen LogP contribution in [0, 0.1) is 20.2 Å². The number of rotatable bonds is 8. The van der Waals surface area contributed by atoms with Crippen molar-refractivity contribution in [3.8, 4) is 17.2 Å². The molecule has 2 amide bonds. The van der Waals surface area contributed by atoms with E-state index in [0.717, 1.165) is 23.1 Å². The van der Waals surface area contributed by atoms with Crippen LogP contribution in [0.15, 0.2) is 59.5 Å². The second-order valence-corrected chi connectivity index (χ2v) is 9.42. The van der Waals surface area contributed by atoms with Crippen LogP contribution in [0.4, 0.5) is 16.2 Å². The van der Waals surface area contributed by atoms with Gasteiger partial charge in [-0.3, -0.25) is 34.7 Å². The van der Waals surface area contributed by atoms with E-state index in [1.165, 1.54) is 19.3 Å². The maximum atomic E-state index is 13.1. The van der Waals surface area contributed by atoms with Crippen LogP contribution in [0.25, 0.3) is 6.08 Å². The minimum absolute atomic E-state index is 0.00657. The smallest absolute Gasteiger partial charge is 0.318 e. The number of benzene rings is 3. The van der Waals surface area contributed by atoms with E-state index < -0.39 is 32.4 Å². The molecule has 38 heavy (non-hydrogen) atoms. The van der Waals surface area contributed by atoms with Crippen LogP contribution >= 0.6 is 35.0 Å². The molecule has 0 spiro atoms. The van der Waals surface area contributed by atoms with Crippen LogP contribution < -0.4 is 9.47 Å². The molecule has 0 aromatic heterocycles. The van der Waals surface area contributed by atoms with Gasteiger partial charge in [0.25, 0.3) is 16.8 Å². The SMILES string of the molecule is COc1cccc(/C=C2\SC(=O)N(Cc3c(Cl)cccc3Cl)C2=O)c1Oc1ccc([N+](=O)[O-])cc1[N+](=O)[O-]. The van der Waals surface area contributed by atoms with Gasteiger partial charge in [-0.05, 0) is 42.1 Å². The number of amides is 2. The summed E-state index contributed by atoms with van der Waals surface area (Å²) in [6.07, 6.45) is 1.38. The minimum Gasteiger partial charge on any atom is -0.493 e. The number of halogens is 2. The lowest BCUT2D eigenvalue weighted by atomic mass is 10.1. The molecular weight excluding hydrogens is 561 g/mol. The summed E-state index contributed by atoms with van der Waals surface area (Å²) in [5.74, 6) is -0.742. The van der Waals surface area contributed by atoms with Crippen LogP contribution in [-0.2, 0) is 11.3 Å². The van der Waals surface area contributed by atoms with Crippen molar-refractivity contribution in [2.45, 2.75) is 6.54 Å². The summed E-state index contributed by atoms with van der Waals surface area (Å²) in [6, 6.07) is 12.4. The lowest BCUT2D eigenvalue weighted by Crippen LogP contribution is -2.27. The number of nitro groups is 2. The van der Waals surface area contributed by atoms with Crippen LogP contribution in [0.3, 0.4) is 0 Å². The molecule has 0 N–H and O–H groups in total. The van der Waals surface area contributed by atoms with Gasteiger partial charge >= 0.3 is 5.69 Å². The summed E-state index contributed by atoms with van der Waals surface area (Å²) in [6.45, 7) is -0.142. The second-order valence-electron chi connectivity index (χ2n) is 7.62. The number of nitrogens with zero attached hydrogens (tertiary/aromatic N) is 3. The summed E-state index contributed by atoms with van der Waals surface area (Å²) in [7, 11) is 1.34. The number of hydrogen-bond acceptors (Lipinski definition) is 9. The Morgan fingerprint density at radius 2 is 1.66 bits per heavy atom. The highest BCUT2D eigenvalue weighted by molar-refractivity contribution is 8.18. The first-order chi connectivity index (χ1) is 18.1.